The molecule has 0 fully saturated rings. The lowest BCUT2D eigenvalue weighted by Crippen LogP contribution is -2.36. The van der Waals surface area contributed by atoms with Gasteiger partial charge in [0.2, 0.25) is 5.91 Å². The minimum atomic E-state index is -3.27. The van der Waals surface area contributed by atoms with Gasteiger partial charge in [0, 0.05) is 30.8 Å². The number of amides is 1. The first-order valence-electron chi connectivity index (χ1n) is 10.2. The van der Waals surface area contributed by atoms with Crippen LogP contribution >= 0.6 is 0 Å². The molecule has 1 amide bonds. The Balaban J connectivity index is 1.65. The number of hydrogen-bond donors (Lipinski definition) is 0. The van der Waals surface area contributed by atoms with Crippen LogP contribution in [-0.4, -0.2) is 27.1 Å². The molecule has 0 aliphatic carbocycles. The van der Waals surface area contributed by atoms with Crippen molar-refractivity contribution in [2.75, 3.05) is 17.7 Å². The zero-order valence-corrected chi connectivity index (χ0v) is 17.8. The normalized spacial score (nSPS) is 13.9. The van der Waals surface area contributed by atoms with Gasteiger partial charge in [0.05, 0.1) is 4.90 Å². The number of benzene rings is 3. The van der Waals surface area contributed by atoms with Crippen molar-refractivity contribution in [2.24, 2.45) is 0 Å². The molecular formula is C25H25NO3S. The molecule has 4 rings (SSSR count). The highest BCUT2D eigenvalue weighted by atomic mass is 32.2. The van der Waals surface area contributed by atoms with Gasteiger partial charge in [-0.1, -0.05) is 60.7 Å². The molecule has 0 unspecified atom stereocenters. The maximum absolute atomic E-state index is 13.4. The van der Waals surface area contributed by atoms with Gasteiger partial charge in [0.1, 0.15) is 0 Å². The predicted molar refractivity (Wildman–Crippen MR) is 120 cm³/mol. The molecule has 1 heterocycles. The Kier molecular flexibility index (Phi) is 5.73. The van der Waals surface area contributed by atoms with Gasteiger partial charge in [-0.15, -0.1) is 0 Å². The Hall–Kier alpha value is -2.92. The van der Waals surface area contributed by atoms with Crippen LogP contribution in [0.2, 0.25) is 0 Å². The lowest BCUT2D eigenvalue weighted by molar-refractivity contribution is -0.118. The molecule has 3 aromatic carbocycles. The highest BCUT2D eigenvalue weighted by Gasteiger charge is 2.27. The van der Waals surface area contributed by atoms with Crippen LogP contribution < -0.4 is 4.90 Å². The van der Waals surface area contributed by atoms with Crippen LogP contribution in [0, 0.1) is 0 Å². The van der Waals surface area contributed by atoms with Gasteiger partial charge in [0.25, 0.3) is 0 Å². The molecule has 0 atom stereocenters. The quantitative estimate of drug-likeness (QED) is 0.608. The van der Waals surface area contributed by atoms with Crippen molar-refractivity contribution in [1.82, 2.24) is 0 Å². The Morgan fingerprint density at radius 2 is 1.53 bits per heavy atom. The number of nitrogens with zero attached hydrogens (tertiary/aromatic N) is 1. The van der Waals surface area contributed by atoms with E-state index in [0.29, 0.717) is 17.9 Å². The van der Waals surface area contributed by atoms with Crippen LogP contribution in [0.25, 0.3) is 0 Å². The van der Waals surface area contributed by atoms with Gasteiger partial charge in [-0.2, -0.15) is 0 Å². The molecule has 1 aliphatic heterocycles. The van der Waals surface area contributed by atoms with Crippen molar-refractivity contribution in [1.29, 1.82) is 0 Å². The fraction of sp³-hybridized carbons (Fsp3) is 0.240. The third-order valence-electron chi connectivity index (χ3n) is 5.68. The number of carbonyl (C=O) groups excluding carboxylic acids is 1. The second kappa shape index (κ2) is 8.44. The number of carbonyl (C=O) groups is 1. The molecule has 3 aromatic rings. The molecule has 154 valence electrons. The summed E-state index contributed by atoms with van der Waals surface area (Å²) in [5.41, 5.74) is 3.98. The lowest BCUT2D eigenvalue weighted by Gasteiger charge is -2.31. The molecule has 0 saturated heterocycles. The number of hydrogen-bond acceptors (Lipinski definition) is 3. The van der Waals surface area contributed by atoms with Crippen LogP contribution in [-0.2, 0) is 21.1 Å². The van der Waals surface area contributed by atoms with Crippen molar-refractivity contribution >= 4 is 21.4 Å². The van der Waals surface area contributed by atoms with Crippen molar-refractivity contribution in [3.63, 3.8) is 0 Å². The van der Waals surface area contributed by atoms with E-state index in [4.69, 9.17) is 0 Å². The van der Waals surface area contributed by atoms with E-state index in [1.54, 1.807) is 18.2 Å². The summed E-state index contributed by atoms with van der Waals surface area (Å²) in [5.74, 6) is 0.0290. The molecule has 0 N–H and O–H groups in total. The van der Waals surface area contributed by atoms with Gasteiger partial charge in [-0.25, -0.2) is 8.42 Å². The SMILES string of the molecule is CS(=O)(=O)c1ccc2c(c1)CCCN2C(=O)CC(c1ccccc1)c1ccccc1. The summed E-state index contributed by atoms with van der Waals surface area (Å²) in [6.07, 6.45) is 3.18. The minimum Gasteiger partial charge on any atom is -0.312 e. The third-order valence-corrected chi connectivity index (χ3v) is 6.79. The first kappa shape index (κ1) is 20.4. The monoisotopic (exact) mass is 419 g/mol. The largest absolute Gasteiger partial charge is 0.312 e. The average molecular weight is 420 g/mol. The molecule has 0 aromatic heterocycles. The third kappa shape index (κ3) is 4.31. The summed E-state index contributed by atoms with van der Waals surface area (Å²) in [7, 11) is -3.27. The van der Waals surface area contributed by atoms with Crippen LogP contribution in [0.15, 0.2) is 83.8 Å². The van der Waals surface area contributed by atoms with Gasteiger partial charge in [0.15, 0.2) is 9.84 Å². The van der Waals surface area contributed by atoms with E-state index in [1.165, 1.54) is 6.26 Å². The summed E-state index contributed by atoms with van der Waals surface area (Å²) in [6, 6.07) is 25.3. The fourth-order valence-electron chi connectivity index (χ4n) is 4.15. The second-order valence-electron chi connectivity index (χ2n) is 7.79. The Morgan fingerprint density at radius 3 is 2.10 bits per heavy atom. The van der Waals surface area contributed by atoms with E-state index in [-0.39, 0.29) is 11.8 Å². The Bertz CT molecular complexity index is 1100. The average Bonchev–Trinajstić information content (AvgIpc) is 2.77. The zero-order chi connectivity index (χ0) is 21.1. The van der Waals surface area contributed by atoms with E-state index < -0.39 is 9.84 Å². The Labute approximate surface area is 178 Å². The smallest absolute Gasteiger partial charge is 0.227 e. The molecule has 0 radical (unpaired) electrons. The predicted octanol–water partition coefficient (Wildman–Crippen LogP) is 4.59. The van der Waals surface area contributed by atoms with Crippen LogP contribution in [0.5, 0.6) is 0 Å². The van der Waals surface area contributed by atoms with E-state index in [1.807, 2.05) is 41.3 Å². The van der Waals surface area contributed by atoms with Gasteiger partial charge < -0.3 is 4.90 Å². The highest BCUT2D eigenvalue weighted by molar-refractivity contribution is 7.90. The van der Waals surface area contributed by atoms with Crippen molar-refractivity contribution in [2.45, 2.75) is 30.1 Å². The molecule has 5 heteroatoms. The standard InChI is InChI=1S/C25H25NO3S/c1-30(28,29)22-14-15-24-21(17-22)13-8-16-26(24)25(27)18-23(19-9-4-2-5-10-19)20-11-6-3-7-12-20/h2-7,9-12,14-15,17,23H,8,13,16,18H2,1H3. The second-order valence-corrected chi connectivity index (χ2v) is 9.81. The molecule has 4 nitrogen and oxygen atoms in total. The van der Waals surface area contributed by atoms with E-state index in [0.717, 1.165) is 35.2 Å². The van der Waals surface area contributed by atoms with E-state index >= 15 is 0 Å². The zero-order valence-electron chi connectivity index (χ0n) is 17.0. The van der Waals surface area contributed by atoms with Gasteiger partial charge >= 0.3 is 0 Å². The Morgan fingerprint density at radius 1 is 0.933 bits per heavy atom. The van der Waals surface area contributed by atoms with Crippen molar-refractivity contribution < 1.29 is 13.2 Å². The maximum Gasteiger partial charge on any atom is 0.227 e. The van der Waals surface area contributed by atoms with Gasteiger partial charge in [-0.05, 0) is 47.7 Å². The number of fused-ring (bicyclic) bond motifs is 1. The van der Waals surface area contributed by atoms with E-state index in [2.05, 4.69) is 24.3 Å². The summed E-state index contributed by atoms with van der Waals surface area (Å²) in [6.45, 7) is 0.653. The van der Waals surface area contributed by atoms with Crippen molar-refractivity contribution in [3.8, 4) is 0 Å². The maximum atomic E-state index is 13.4. The van der Waals surface area contributed by atoms with Crippen LogP contribution in [0.3, 0.4) is 0 Å². The molecule has 0 bridgehead atoms. The lowest BCUT2D eigenvalue weighted by atomic mass is 9.87. The minimum absolute atomic E-state index is 0.0273. The summed E-state index contributed by atoms with van der Waals surface area (Å²) in [4.78, 5) is 15.5. The first-order chi connectivity index (χ1) is 14.4. The molecule has 30 heavy (non-hydrogen) atoms. The summed E-state index contributed by atoms with van der Waals surface area (Å²) < 4.78 is 23.8. The number of rotatable bonds is 5. The molecular weight excluding hydrogens is 394 g/mol. The molecule has 1 aliphatic rings. The van der Waals surface area contributed by atoms with Crippen molar-refractivity contribution in [3.05, 3.63) is 95.6 Å². The van der Waals surface area contributed by atoms with Crippen LogP contribution in [0.1, 0.15) is 35.4 Å². The number of sulfone groups is 1. The molecule has 0 spiro atoms. The number of aryl methyl sites for hydroxylation is 1. The summed E-state index contributed by atoms with van der Waals surface area (Å²) >= 11 is 0. The van der Waals surface area contributed by atoms with E-state index in [9.17, 15) is 13.2 Å². The molecule has 0 saturated carbocycles. The fourth-order valence-corrected chi connectivity index (χ4v) is 4.82. The van der Waals surface area contributed by atoms with Gasteiger partial charge in [-0.3, -0.25) is 4.79 Å². The topological polar surface area (TPSA) is 54.5 Å². The highest BCUT2D eigenvalue weighted by Crippen LogP contribution is 2.33. The van der Waals surface area contributed by atoms with Crippen LogP contribution in [0.4, 0.5) is 5.69 Å². The summed E-state index contributed by atoms with van der Waals surface area (Å²) in [5, 5.41) is 0. The first-order valence-corrected chi connectivity index (χ1v) is 12.1. The number of anilines is 1.